The van der Waals surface area contributed by atoms with Crippen LogP contribution >= 0.6 is 23.4 Å². The van der Waals surface area contributed by atoms with Gasteiger partial charge in [0.05, 0.1) is 16.7 Å². The number of nitrogens with zero attached hydrogens (tertiary/aromatic N) is 5. The summed E-state index contributed by atoms with van der Waals surface area (Å²) in [6.45, 7) is 0.637. The highest BCUT2D eigenvalue weighted by atomic mass is 35.5. The summed E-state index contributed by atoms with van der Waals surface area (Å²) in [5, 5.41) is 13.2. The monoisotopic (exact) mass is 386 g/mol. The summed E-state index contributed by atoms with van der Waals surface area (Å²) >= 11 is 7.48. The molecule has 26 heavy (non-hydrogen) atoms. The standard InChI is InChI=1S/C17H15ClN6OS/c18-12-6-8-13(9-7-12)24-17(20-21-22-24)26-11-3-10-23-15-5-2-1-4-14(15)19-16(23)25/h1-2,4-9H,3,10-11H2,(H,19,25). The Morgan fingerprint density at radius 2 is 1.92 bits per heavy atom. The van der Waals surface area contributed by atoms with Crippen molar-refractivity contribution in [3.8, 4) is 5.69 Å². The smallest absolute Gasteiger partial charge is 0.306 e. The van der Waals surface area contributed by atoms with E-state index in [0.717, 1.165) is 28.9 Å². The molecule has 0 aliphatic heterocycles. The van der Waals surface area contributed by atoms with E-state index in [-0.39, 0.29) is 5.69 Å². The number of nitrogens with one attached hydrogen (secondary N) is 1. The highest BCUT2D eigenvalue weighted by molar-refractivity contribution is 7.99. The van der Waals surface area contributed by atoms with E-state index in [1.807, 2.05) is 36.4 Å². The molecule has 1 N–H and O–H groups in total. The maximum absolute atomic E-state index is 12.1. The van der Waals surface area contributed by atoms with Crippen LogP contribution in [0.4, 0.5) is 0 Å². The van der Waals surface area contributed by atoms with Crippen molar-refractivity contribution in [2.24, 2.45) is 0 Å². The van der Waals surface area contributed by atoms with Gasteiger partial charge in [-0.2, -0.15) is 4.68 Å². The molecule has 0 saturated carbocycles. The second-order valence-electron chi connectivity index (χ2n) is 5.65. The Labute approximate surface area is 158 Å². The fourth-order valence-electron chi connectivity index (χ4n) is 2.73. The Kier molecular flexibility index (Phi) is 4.77. The van der Waals surface area contributed by atoms with Crippen LogP contribution in [0.2, 0.25) is 5.02 Å². The van der Waals surface area contributed by atoms with Crippen molar-refractivity contribution in [3.63, 3.8) is 0 Å². The number of para-hydroxylation sites is 2. The third-order valence-electron chi connectivity index (χ3n) is 3.95. The largest absolute Gasteiger partial charge is 0.326 e. The van der Waals surface area contributed by atoms with Crippen molar-refractivity contribution >= 4 is 34.4 Å². The van der Waals surface area contributed by atoms with Crippen LogP contribution in [0.5, 0.6) is 0 Å². The number of thioether (sulfide) groups is 1. The van der Waals surface area contributed by atoms with Crippen LogP contribution in [0.3, 0.4) is 0 Å². The first-order valence-electron chi connectivity index (χ1n) is 8.07. The molecule has 2 aromatic carbocycles. The molecule has 132 valence electrons. The fourth-order valence-corrected chi connectivity index (χ4v) is 3.67. The van der Waals surface area contributed by atoms with Crippen LogP contribution in [0.25, 0.3) is 16.7 Å². The Morgan fingerprint density at radius 1 is 1.12 bits per heavy atom. The van der Waals surface area contributed by atoms with Crippen molar-refractivity contribution in [1.29, 1.82) is 0 Å². The first-order chi connectivity index (χ1) is 12.7. The van der Waals surface area contributed by atoms with E-state index in [0.29, 0.717) is 16.7 Å². The van der Waals surface area contributed by atoms with E-state index < -0.39 is 0 Å². The molecule has 4 rings (SSSR count). The minimum Gasteiger partial charge on any atom is -0.306 e. The van der Waals surface area contributed by atoms with E-state index in [1.54, 1.807) is 33.1 Å². The van der Waals surface area contributed by atoms with Gasteiger partial charge >= 0.3 is 5.69 Å². The summed E-state index contributed by atoms with van der Waals surface area (Å²) in [6.07, 6.45) is 0.819. The van der Waals surface area contributed by atoms with Gasteiger partial charge in [-0.3, -0.25) is 4.57 Å². The quantitative estimate of drug-likeness (QED) is 0.406. The van der Waals surface area contributed by atoms with Gasteiger partial charge in [0, 0.05) is 17.3 Å². The molecule has 0 bridgehead atoms. The molecule has 2 aromatic heterocycles. The lowest BCUT2D eigenvalue weighted by Gasteiger charge is -2.05. The van der Waals surface area contributed by atoms with Gasteiger partial charge in [-0.1, -0.05) is 35.5 Å². The number of H-pyrrole nitrogens is 1. The fraction of sp³-hybridized carbons (Fsp3) is 0.176. The van der Waals surface area contributed by atoms with Crippen molar-refractivity contribution in [2.75, 3.05) is 5.75 Å². The minimum atomic E-state index is -0.0813. The molecule has 7 nitrogen and oxygen atoms in total. The summed E-state index contributed by atoms with van der Waals surface area (Å²) < 4.78 is 3.44. The summed E-state index contributed by atoms with van der Waals surface area (Å²) in [4.78, 5) is 15.0. The Bertz CT molecular complexity index is 1080. The molecule has 4 aromatic rings. The van der Waals surface area contributed by atoms with Crippen LogP contribution in [-0.2, 0) is 6.54 Å². The van der Waals surface area contributed by atoms with Gasteiger partial charge in [0.1, 0.15) is 0 Å². The van der Waals surface area contributed by atoms with Crippen molar-refractivity contribution < 1.29 is 0 Å². The van der Waals surface area contributed by atoms with Crippen LogP contribution in [0.1, 0.15) is 6.42 Å². The molecule has 0 fully saturated rings. The molecule has 9 heteroatoms. The van der Waals surface area contributed by atoms with Crippen molar-refractivity contribution in [2.45, 2.75) is 18.1 Å². The summed E-state index contributed by atoms with van der Waals surface area (Å²) in [7, 11) is 0. The zero-order valence-electron chi connectivity index (χ0n) is 13.7. The normalized spacial score (nSPS) is 11.3. The van der Waals surface area contributed by atoms with Crippen LogP contribution in [0, 0.1) is 0 Å². The number of hydrogen-bond acceptors (Lipinski definition) is 5. The van der Waals surface area contributed by atoms with Gasteiger partial charge in [-0.15, -0.1) is 5.10 Å². The number of aromatic amines is 1. The highest BCUT2D eigenvalue weighted by Gasteiger charge is 2.10. The number of rotatable bonds is 6. The Morgan fingerprint density at radius 3 is 2.77 bits per heavy atom. The molecule has 0 amide bonds. The predicted molar refractivity (Wildman–Crippen MR) is 102 cm³/mol. The second-order valence-corrected chi connectivity index (χ2v) is 7.15. The molecule has 0 saturated heterocycles. The number of tetrazole rings is 1. The third kappa shape index (κ3) is 3.38. The van der Waals surface area contributed by atoms with Gasteiger partial charge in [0.15, 0.2) is 0 Å². The third-order valence-corrected chi connectivity index (χ3v) is 5.21. The summed E-state index contributed by atoms with van der Waals surface area (Å²) in [5.74, 6) is 0.792. The SMILES string of the molecule is O=c1[nH]c2ccccc2n1CCCSc1nnnn1-c1ccc(Cl)cc1. The molecule has 0 spiro atoms. The molecular weight excluding hydrogens is 372 g/mol. The topological polar surface area (TPSA) is 81.4 Å². The van der Waals surface area contributed by atoms with Crippen LogP contribution in [-0.4, -0.2) is 35.5 Å². The zero-order valence-corrected chi connectivity index (χ0v) is 15.2. The van der Waals surface area contributed by atoms with Gasteiger partial charge in [-0.25, -0.2) is 4.79 Å². The van der Waals surface area contributed by atoms with Crippen LogP contribution < -0.4 is 5.69 Å². The number of halogens is 1. The number of hydrogen-bond donors (Lipinski definition) is 1. The lowest BCUT2D eigenvalue weighted by molar-refractivity contribution is 0.678. The number of benzene rings is 2. The van der Waals surface area contributed by atoms with Gasteiger partial charge in [0.25, 0.3) is 0 Å². The average molecular weight is 387 g/mol. The Hall–Kier alpha value is -2.58. The summed E-state index contributed by atoms with van der Waals surface area (Å²) in [5.41, 5.74) is 2.56. The maximum atomic E-state index is 12.1. The number of aryl methyl sites for hydroxylation is 1. The minimum absolute atomic E-state index is 0.0813. The zero-order chi connectivity index (χ0) is 17.9. The van der Waals surface area contributed by atoms with Gasteiger partial charge in [0.2, 0.25) is 5.16 Å². The lowest BCUT2D eigenvalue weighted by atomic mass is 10.3. The second kappa shape index (κ2) is 7.35. The van der Waals surface area contributed by atoms with E-state index in [2.05, 4.69) is 20.5 Å². The molecule has 0 aliphatic rings. The number of aromatic nitrogens is 6. The predicted octanol–water partition coefficient (Wildman–Crippen LogP) is 3.14. The van der Waals surface area contributed by atoms with Crippen LogP contribution in [0.15, 0.2) is 58.5 Å². The first-order valence-corrected chi connectivity index (χ1v) is 9.43. The molecule has 0 aliphatic carbocycles. The maximum Gasteiger partial charge on any atom is 0.326 e. The molecule has 0 unspecified atom stereocenters. The van der Waals surface area contributed by atoms with E-state index in [1.165, 1.54) is 0 Å². The molecule has 0 atom stereocenters. The average Bonchev–Trinajstić information content (AvgIpc) is 3.23. The lowest BCUT2D eigenvalue weighted by Crippen LogP contribution is -2.17. The Balaban J connectivity index is 1.41. The van der Waals surface area contributed by atoms with Gasteiger partial charge < -0.3 is 4.98 Å². The van der Waals surface area contributed by atoms with Crippen molar-refractivity contribution in [1.82, 2.24) is 29.8 Å². The van der Waals surface area contributed by atoms with E-state index in [9.17, 15) is 4.79 Å². The van der Waals surface area contributed by atoms with Crippen molar-refractivity contribution in [3.05, 3.63) is 64.0 Å². The summed E-state index contributed by atoms with van der Waals surface area (Å²) in [6, 6.07) is 15.0. The van der Waals surface area contributed by atoms with E-state index >= 15 is 0 Å². The number of fused-ring (bicyclic) bond motifs is 1. The van der Waals surface area contributed by atoms with Gasteiger partial charge in [-0.05, 0) is 53.2 Å². The number of imidazole rings is 1. The first kappa shape index (κ1) is 16.9. The molecular formula is C17H15ClN6OS. The highest BCUT2D eigenvalue weighted by Crippen LogP contribution is 2.20. The molecule has 0 radical (unpaired) electrons. The van der Waals surface area contributed by atoms with E-state index in [4.69, 9.17) is 11.6 Å². The molecule has 2 heterocycles.